The minimum absolute atomic E-state index is 0.00463. The fraction of sp³-hybridized carbons (Fsp3) is 0.562. The predicted octanol–water partition coefficient (Wildman–Crippen LogP) is 0.633. The molecule has 22 heavy (non-hydrogen) atoms. The van der Waals surface area contributed by atoms with Crippen LogP contribution in [0.1, 0.15) is 12.5 Å². The van der Waals surface area contributed by atoms with E-state index in [1.165, 1.54) is 6.92 Å². The van der Waals surface area contributed by atoms with Crippen LogP contribution in [0.15, 0.2) is 18.2 Å². The van der Waals surface area contributed by atoms with Crippen molar-refractivity contribution in [3.63, 3.8) is 0 Å². The van der Waals surface area contributed by atoms with Crippen LogP contribution >= 0.6 is 0 Å². The smallest absolute Gasteiger partial charge is 0.217 e. The van der Waals surface area contributed by atoms with E-state index in [0.29, 0.717) is 0 Å². The second kappa shape index (κ2) is 7.47. The second-order valence-electron chi connectivity index (χ2n) is 5.66. The molecule has 1 aromatic carbocycles. The van der Waals surface area contributed by atoms with Crippen LogP contribution in [0.5, 0.6) is 11.5 Å². The summed E-state index contributed by atoms with van der Waals surface area (Å²) in [5.41, 5.74) is 1.08. The minimum atomic E-state index is -0.0617. The van der Waals surface area contributed by atoms with E-state index in [4.69, 9.17) is 9.47 Å². The molecule has 0 aliphatic carbocycles. The van der Waals surface area contributed by atoms with Crippen LogP contribution < -0.4 is 14.8 Å². The van der Waals surface area contributed by atoms with Crippen molar-refractivity contribution in [2.75, 3.05) is 33.9 Å². The summed E-state index contributed by atoms with van der Waals surface area (Å²) < 4.78 is 10.6. The molecule has 2 N–H and O–H groups in total. The van der Waals surface area contributed by atoms with Gasteiger partial charge in [-0.05, 0) is 17.7 Å². The zero-order chi connectivity index (χ0) is 16.1. The number of hydrogen-bond donors (Lipinski definition) is 2. The van der Waals surface area contributed by atoms with Gasteiger partial charge in [0.15, 0.2) is 0 Å². The van der Waals surface area contributed by atoms with Gasteiger partial charge in [0, 0.05) is 51.2 Å². The molecule has 1 saturated heterocycles. The zero-order valence-electron chi connectivity index (χ0n) is 13.3. The monoisotopic (exact) mass is 308 g/mol. The first-order valence-electron chi connectivity index (χ1n) is 7.38. The highest BCUT2D eigenvalue weighted by Crippen LogP contribution is 2.25. The number of amides is 1. The highest BCUT2D eigenvalue weighted by molar-refractivity contribution is 5.73. The van der Waals surface area contributed by atoms with E-state index < -0.39 is 0 Å². The molecule has 0 radical (unpaired) electrons. The van der Waals surface area contributed by atoms with Crippen molar-refractivity contribution in [1.82, 2.24) is 10.2 Å². The van der Waals surface area contributed by atoms with E-state index in [1.807, 2.05) is 18.2 Å². The molecule has 1 heterocycles. The number of benzene rings is 1. The van der Waals surface area contributed by atoms with Gasteiger partial charge in [0.1, 0.15) is 11.5 Å². The number of likely N-dealkylation sites (tertiary alicyclic amines) is 1. The van der Waals surface area contributed by atoms with Crippen molar-refractivity contribution >= 4 is 5.91 Å². The van der Waals surface area contributed by atoms with Gasteiger partial charge in [-0.25, -0.2) is 0 Å². The Hall–Kier alpha value is -1.79. The highest BCUT2D eigenvalue weighted by Gasteiger charge is 2.32. The van der Waals surface area contributed by atoms with Crippen molar-refractivity contribution < 1.29 is 19.4 Å². The van der Waals surface area contributed by atoms with Crippen molar-refractivity contribution in [3.8, 4) is 11.5 Å². The molecule has 0 bridgehead atoms. The van der Waals surface area contributed by atoms with Gasteiger partial charge in [-0.1, -0.05) is 0 Å². The third-order valence-corrected chi connectivity index (χ3v) is 3.96. The molecule has 1 aromatic rings. The number of hydrogen-bond acceptors (Lipinski definition) is 5. The lowest BCUT2D eigenvalue weighted by Gasteiger charge is -2.17. The average Bonchev–Trinajstić information content (AvgIpc) is 2.87. The maximum Gasteiger partial charge on any atom is 0.217 e. The lowest BCUT2D eigenvalue weighted by atomic mass is 10.1. The van der Waals surface area contributed by atoms with E-state index in [2.05, 4.69) is 10.2 Å². The SMILES string of the molecule is COc1cc(CN2C[C@@H](CO)[C@H](NC(C)=O)C2)cc(OC)c1. The molecule has 0 aromatic heterocycles. The first-order valence-corrected chi connectivity index (χ1v) is 7.38. The van der Waals surface area contributed by atoms with Crippen LogP contribution in [0, 0.1) is 5.92 Å². The summed E-state index contributed by atoms with van der Waals surface area (Å²) in [5.74, 6) is 1.51. The summed E-state index contributed by atoms with van der Waals surface area (Å²) in [4.78, 5) is 13.5. The number of methoxy groups -OCH3 is 2. The van der Waals surface area contributed by atoms with E-state index in [-0.39, 0.29) is 24.5 Å². The maximum absolute atomic E-state index is 11.2. The molecule has 6 heteroatoms. The van der Waals surface area contributed by atoms with Crippen molar-refractivity contribution in [2.45, 2.75) is 19.5 Å². The van der Waals surface area contributed by atoms with Gasteiger partial charge in [-0.3, -0.25) is 9.69 Å². The van der Waals surface area contributed by atoms with E-state index in [1.54, 1.807) is 14.2 Å². The summed E-state index contributed by atoms with van der Waals surface area (Å²) in [6.45, 7) is 3.78. The molecular weight excluding hydrogens is 284 g/mol. The van der Waals surface area contributed by atoms with Gasteiger partial charge in [-0.2, -0.15) is 0 Å². The molecule has 0 spiro atoms. The second-order valence-corrected chi connectivity index (χ2v) is 5.66. The molecule has 2 rings (SSSR count). The standard InChI is InChI=1S/C16H24N2O4/c1-11(20)17-16-9-18(8-13(16)10-19)7-12-4-14(21-2)6-15(5-12)22-3/h4-6,13,16,19H,7-10H2,1-3H3,(H,17,20)/t13-,16+/m0/s1. The summed E-state index contributed by atoms with van der Waals surface area (Å²) >= 11 is 0. The van der Waals surface area contributed by atoms with E-state index in [9.17, 15) is 9.90 Å². The van der Waals surface area contributed by atoms with E-state index >= 15 is 0 Å². The van der Waals surface area contributed by atoms with Gasteiger partial charge >= 0.3 is 0 Å². The van der Waals surface area contributed by atoms with E-state index in [0.717, 1.165) is 36.7 Å². The molecule has 1 amide bonds. The fourth-order valence-corrected chi connectivity index (χ4v) is 2.92. The fourth-order valence-electron chi connectivity index (χ4n) is 2.92. The summed E-state index contributed by atoms with van der Waals surface area (Å²) in [6, 6.07) is 5.78. The van der Waals surface area contributed by atoms with Gasteiger partial charge < -0.3 is 19.9 Å². The zero-order valence-corrected chi connectivity index (χ0v) is 13.3. The van der Waals surface area contributed by atoms with Crippen molar-refractivity contribution in [1.29, 1.82) is 0 Å². The topological polar surface area (TPSA) is 71.0 Å². The molecular formula is C16H24N2O4. The molecule has 122 valence electrons. The average molecular weight is 308 g/mol. The molecule has 2 atom stereocenters. The van der Waals surface area contributed by atoms with Crippen LogP contribution in [-0.4, -0.2) is 55.9 Å². The summed E-state index contributed by atoms with van der Waals surface area (Å²) in [5, 5.41) is 12.4. The Morgan fingerprint density at radius 2 is 1.91 bits per heavy atom. The lowest BCUT2D eigenvalue weighted by molar-refractivity contribution is -0.119. The molecule has 0 unspecified atom stereocenters. The summed E-state index contributed by atoms with van der Waals surface area (Å²) in [7, 11) is 3.26. The molecule has 1 aliphatic heterocycles. The molecule has 6 nitrogen and oxygen atoms in total. The minimum Gasteiger partial charge on any atom is -0.497 e. The number of aliphatic hydroxyl groups excluding tert-OH is 1. The quantitative estimate of drug-likeness (QED) is 0.807. The first-order chi connectivity index (χ1) is 10.5. The molecule has 0 saturated carbocycles. The Bertz CT molecular complexity index is 499. The maximum atomic E-state index is 11.2. The number of aliphatic hydroxyl groups is 1. The number of nitrogens with zero attached hydrogens (tertiary/aromatic N) is 1. The normalized spacial score (nSPS) is 21.6. The van der Waals surface area contributed by atoms with Gasteiger partial charge in [0.2, 0.25) is 5.91 Å². The largest absolute Gasteiger partial charge is 0.497 e. The number of carbonyl (C=O) groups is 1. The van der Waals surface area contributed by atoms with Crippen molar-refractivity contribution in [2.24, 2.45) is 5.92 Å². The third kappa shape index (κ3) is 4.11. The third-order valence-electron chi connectivity index (χ3n) is 3.96. The first kappa shape index (κ1) is 16.6. The van der Waals surface area contributed by atoms with Crippen LogP contribution in [-0.2, 0) is 11.3 Å². The Morgan fingerprint density at radius 3 is 2.41 bits per heavy atom. The van der Waals surface area contributed by atoms with Gasteiger partial charge in [-0.15, -0.1) is 0 Å². The van der Waals surface area contributed by atoms with Crippen LogP contribution in [0.25, 0.3) is 0 Å². The Balaban J connectivity index is 2.06. The van der Waals surface area contributed by atoms with Crippen molar-refractivity contribution in [3.05, 3.63) is 23.8 Å². The predicted molar refractivity (Wildman–Crippen MR) is 83.0 cm³/mol. The summed E-state index contributed by atoms with van der Waals surface area (Å²) in [6.07, 6.45) is 0. The Kier molecular flexibility index (Phi) is 5.63. The number of nitrogens with one attached hydrogen (secondary N) is 1. The van der Waals surface area contributed by atoms with Gasteiger partial charge in [0.25, 0.3) is 0 Å². The molecule has 1 fully saturated rings. The van der Waals surface area contributed by atoms with Crippen LogP contribution in [0.4, 0.5) is 0 Å². The Morgan fingerprint density at radius 1 is 1.27 bits per heavy atom. The molecule has 1 aliphatic rings. The highest BCUT2D eigenvalue weighted by atomic mass is 16.5. The van der Waals surface area contributed by atoms with Crippen LogP contribution in [0.3, 0.4) is 0 Å². The number of ether oxygens (including phenoxy) is 2. The Labute approximate surface area is 131 Å². The van der Waals surface area contributed by atoms with Gasteiger partial charge in [0.05, 0.1) is 14.2 Å². The number of rotatable bonds is 6. The number of carbonyl (C=O) groups excluding carboxylic acids is 1. The lowest BCUT2D eigenvalue weighted by Crippen LogP contribution is -2.40. The van der Waals surface area contributed by atoms with Crippen LogP contribution in [0.2, 0.25) is 0 Å².